The van der Waals surface area contributed by atoms with Crippen molar-refractivity contribution in [2.75, 3.05) is 56.2 Å². The molecule has 1 amide bonds. The fourth-order valence-electron chi connectivity index (χ4n) is 6.35. The number of fused-ring (bicyclic) bond motifs is 2. The topological polar surface area (TPSA) is 112 Å². The number of ether oxygens (including phenoxy) is 2. The summed E-state index contributed by atoms with van der Waals surface area (Å²) in [6.07, 6.45) is 2.23. The van der Waals surface area contributed by atoms with Gasteiger partial charge < -0.3 is 19.7 Å². The fourth-order valence-corrected chi connectivity index (χ4v) is 8.72. The molecule has 3 saturated heterocycles. The Morgan fingerprint density at radius 3 is 2.86 bits per heavy atom. The smallest absolute Gasteiger partial charge is 0.228 e. The summed E-state index contributed by atoms with van der Waals surface area (Å²) in [5.41, 5.74) is 8.06. The van der Waals surface area contributed by atoms with Crippen LogP contribution in [-0.2, 0) is 19.6 Å². The van der Waals surface area contributed by atoms with Crippen molar-refractivity contribution >= 4 is 27.3 Å². The van der Waals surface area contributed by atoms with Crippen molar-refractivity contribution in [3.63, 3.8) is 0 Å². The van der Waals surface area contributed by atoms with Crippen molar-refractivity contribution in [3.05, 3.63) is 18.2 Å². The zero-order valence-corrected chi connectivity index (χ0v) is 20.9. The normalized spacial score (nSPS) is 33.5. The van der Waals surface area contributed by atoms with E-state index in [1.54, 1.807) is 4.31 Å². The summed E-state index contributed by atoms with van der Waals surface area (Å²) in [5.74, 6) is 0.961. The second-order valence-electron chi connectivity index (χ2n) is 10.7. The van der Waals surface area contributed by atoms with Crippen LogP contribution in [0.25, 0.3) is 0 Å². The minimum absolute atomic E-state index is 0.0642. The van der Waals surface area contributed by atoms with Gasteiger partial charge in [-0.1, -0.05) is 6.92 Å². The number of carbonyl (C=O) groups is 1. The summed E-state index contributed by atoms with van der Waals surface area (Å²) in [6, 6.07) is 6.05. The van der Waals surface area contributed by atoms with E-state index in [1.165, 1.54) is 0 Å². The lowest BCUT2D eigenvalue weighted by molar-refractivity contribution is -0.119. The molecule has 1 saturated carbocycles. The van der Waals surface area contributed by atoms with Gasteiger partial charge in [0.15, 0.2) is 0 Å². The van der Waals surface area contributed by atoms with Gasteiger partial charge in [-0.05, 0) is 43.2 Å². The Labute approximate surface area is 206 Å². The number of hydrazine groups is 1. The quantitative estimate of drug-likeness (QED) is 0.538. The predicted molar refractivity (Wildman–Crippen MR) is 132 cm³/mol. The van der Waals surface area contributed by atoms with Gasteiger partial charge in [0, 0.05) is 37.4 Å². The number of hydrogen-bond donors (Lipinski definition) is 3. The number of nitrogens with one attached hydrogen (secondary N) is 3. The van der Waals surface area contributed by atoms with E-state index in [2.05, 4.69) is 28.0 Å². The summed E-state index contributed by atoms with van der Waals surface area (Å²) in [7, 11) is -3.50. The Kier molecular flexibility index (Phi) is 6.16. The molecule has 10 nitrogen and oxygen atoms in total. The molecule has 0 radical (unpaired) electrons. The van der Waals surface area contributed by atoms with Gasteiger partial charge >= 0.3 is 0 Å². The summed E-state index contributed by atoms with van der Waals surface area (Å²) >= 11 is 0. The maximum Gasteiger partial charge on any atom is 0.228 e. The van der Waals surface area contributed by atoms with E-state index >= 15 is 0 Å². The van der Waals surface area contributed by atoms with Gasteiger partial charge in [-0.15, -0.1) is 0 Å². The van der Waals surface area contributed by atoms with Crippen molar-refractivity contribution in [2.24, 2.45) is 17.8 Å². The summed E-state index contributed by atoms with van der Waals surface area (Å²) in [6.45, 7) is 6.46. The molecule has 5 aliphatic rings. The molecule has 4 unspecified atom stereocenters. The Morgan fingerprint density at radius 2 is 2.06 bits per heavy atom. The van der Waals surface area contributed by atoms with Crippen LogP contribution in [0.1, 0.15) is 26.2 Å². The standard InChI is InChI=1S/C24H35N5O5S/c1-15-8-17-11-25-27-23(17)22(9-15)35(31,32)28-5-4-16(12-28)24(30)26-18-2-3-20-21(10-18)34-7-6-29(20)19-13-33-14-19/h2-3,10,15-17,19,22-23,25,27H,4-9,11-14H2,1H3,(H,26,30)/t15?,16-,17?,22?,23?/m1/s1. The molecule has 4 fully saturated rings. The van der Waals surface area contributed by atoms with E-state index in [0.29, 0.717) is 49.6 Å². The largest absolute Gasteiger partial charge is 0.489 e. The van der Waals surface area contributed by atoms with Crippen molar-refractivity contribution in [1.29, 1.82) is 0 Å². The van der Waals surface area contributed by atoms with Crippen molar-refractivity contribution in [1.82, 2.24) is 15.2 Å². The van der Waals surface area contributed by atoms with Gasteiger partial charge in [0.05, 0.1) is 42.7 Å². The molecule has 0 spiro atoms. The molecular formula is C24H35N5O5S. The summed E-state index contributed by atoms with van der Waals surface area (Å²) in [5, 5.41) is 2.55. The molecule has 1 aromatic rings. The number of anilines is 2. The maximum absolute atomic E-state index is 13.6. The van der Waals surface area contributed by atoms with Crippen LogP contribution in [0, 0.1) is 17.8 Å². The average Bonchev–Trinajstić information content (AvgIpc) is 3.47. The highest BCUT2D eigenvalue weighted by Crippen LogP contribution is 2.38. The number of amides is 1. The lowest BCUT2D eigenvalue weighted by Gasteiger charge is -2.41. The van der Waals surface area contributed by atoms with Crippen LogP contribution >= 0.6 is 0 Å². The molecule has 4 heterocycles. The lowest BCUT2D eigenvalue weighted by Crippen LogP contribution is -2.53. The number of carbonyl (C=O) groups excluding carboxylic acids is 1. The molecule has 0 bridgehead atoms. The minimum Gasteiger partial charge on any atom is -0.489 e. The van der Waals surface area contributed by atoms with E-state index in [-0.39, 0.29) is 24.4 Å². The first-order valence-electron chi connectivity index (χ1n) is 12.8. The third-order valence-corrected chi connectivity index (χ3v) is 10.6. The SMILES string of the molecule is CC1CC2CNNC2C(S(=O)(=O)N2CC[C@@H](C(=O)Nc3ccc4c(c3)OCCN4C3COC3)C2)C1. The Hall–Kier alpha value is -1.92. The van der Waals surface area contributed by atoms with Gasteiger partial charge in [0.1, 0.15) is 12.4 Å². The third-order valence-electron chi connectivity index (χ3n) is 8.33. The van der Waals surface area contributed by atoms with Crippen LogP contribution < -0.4 is 25.8 Å². The molecule has 1 aliphatic carbocycles. The van der Waals surface area contributed by atoms with Crippen LogP contribution in [0.5, 0.6) is 5.75 Å². The van der Waals surface area contributed by atoms with Gasteiger partial charge in [-0.25, -0.2) is 12.7 Å². The zero-order valence-electron chi connectivity index (χ0n) is 20.1. The Balaban J connectivity index is 1.11. The van der Waals surface area contributed by atoms with Crippen LogP contribution in [0.15, 0.2) is 18.2 Å². The summed E-state index contributed by atoms with van der Waals surface area (Å²) < 4.78 is 39.9. The van der Waals surface area contributed by atoms with E-state index in [1.807, 2.05) is 18.2 Å². The third kappa shape index (κ3) is 4.31. The number of benzene rings is 1. The molecular weight excluding hydrogens is 470 g/mol. The molecule has 192 valence electrons. The molecule has 0 aromatic heterocycles. The highest BCUT2D eigenvalue weighted by Gasteiger charge is 2.49. The molecule has 35 heavy (non-hydrogen) atoms. The first kappa shape index (κ1) is 23.5. The van der Waals surface area contributed by atoms with Crippen molar-refractivity contribution in [2.45, 2.75) is 43.5 Å². The van der Waals surface area contributed by atoms with Gasteiger partial charge in [-0.3, -0.25) is 15.6 Å². The fraction of sp³-hybridized carbons (Fsp3) is 0.708. The molecule has 3 N–H and O–H groups in total. The first-order valence-corrected chi connectivity index (χ1v) is 14.3. The Morgan fingerprint density at radius 1 is 1.20 bits per heavy atom. The summed E-state index contributed by atoms with van der Waals surface area (Å²) in [4.78, 5) is 15.4. The lowest BCUT2D eigenvalue weighted by atomic mass is 9.79. The van der Waals surface area contributed by atoms with E-state index < -0.39 is 15.3 Å². The van der Waals surface area contributed by atoms with Crippen LogP contribution in [0.3, 0.4) is 0 Å². The number of nitrogens with zero attached hydrogens (tertiary/aromatic N) is 2. The first-order chi connectivity index (χ1) is 16.9. The predicted octanol–water partition coefficient (Wildman–Crippen LogP) is 0.766. The van der Waals surface area contributed by atoms with Gasteiger partial charge in [0.2, 0.25) is 15.9 Å². The Bertz CT molecular complexity index is 1080. The molecule has 11 heteroatoms. The number of sulfonamides is 1. The molecule has 1 aromatic carbocycles. The van der Waals surface area contributed by atoms with Gasteiger partial charge in [-0.2, -0.15) is 0 Å². The van der Waals surface area contributed by atoms with E-state index in [9.17, 15) is 13.2 Å². The highest BCUT2D eigenvalue weighted by molar-refractivity contribution is 7.89. The van der Waals surface area contributed by atoms with Crippen molar-refractivity contribution < 1.29 is 22.7 Å². The van der Waals surface area contributed by atoms with Crippen LogP contribution in [0.2, 0.25) is 0 Å². The number of hydrogen-bond acceptors (Lipinski definition) is 8. The van der Waals surface area contributed by atoms with Crippen LogP contribution in [0.4, 0.5) is 11.4 Å². The molecule has 6 rings (SSSR count). The minimum atomic E-state index is -3.50. The highest BCUT2D eigenvalue weighted by atomic mass is 32.2. The number of rotatable bonds is 5. The molecule has 4 aliphatic heterocycles. The average molecular weight is 506 g/mol. The second kappa shape index (κ2) is 9.19. The molecule has 5 atom stereocenters. The van der Waals surface area contributed by atoms with Gasteiger partial charge in [0.25, 0.3) is 0 Å². The van der Waals surface area contributed by atoms with E-state index in [0.717, 1.165) is 44.2 Å². The van der Waals surface area contributed by atoms with E-state index in [4.69, 9.17) is 9.47 Å². The monoisotopic (exact) mass is 505 g/mol. The van der Waals surface area contributed by atoms with Crippen LogP contribution in [-0.4, -0.2) is 82.0 Å². The van der Waals surface area contributed by atoms with Crippen molar-refractivity contribution in [3.8, 4) is 5.75 Å². The maximum atomic E-state index is 13.6. The second-order valence-corrected chi connectivity index (χ2v) is 12.9. The zero-order chi connectivity index (χ0) is 24.2.